The van der Waals surface area contributed by atoms with Crippen molar-refractivity contribution in [3.05, 3.63) is 70.2 Å². The van der Waals surface area contributed by atoms with Crippen molar-refractivity contribution in [1.29, 1.82) is 0 Å². The van der Waals surface area contributed by atoms with E-state index in [0.717, 1.165) is 4.47 Å². The van der Waals surface area contributed by atoms with Gasteiger partial charge in [0.25, 0.3) is 5.91 Å². The molecule has 134 valence electrons. The highest BCUT2D eigenvalue weighted by atomic mass is 79.9. The second-order valence-corrected chi connectivity index (χ2v) is 8.20. The lowest BCUT2D eigenvalue weighted by atomic mass is 10.2. The number of nitrogens with one attached hydrogen (secondary N) is 1. The van der Waals surface area contributed by atoms with Gasteiger partial charge < -0.3 is 14.4 Å². The van der Waals surface area contributed by atoms with Crippen molar-refractivity contribution in [1.82, 2.24) is 5.32 Å². The van der Waals surface area contributed by atoms with Crippen molar-refractivity contribution < 1.29 is 18.4 Å². The zero-order chi connectivity index (χ0) is 18.3. The van der Waals surface area contributed by atoms with Gasteiger partial charge in [0.2, 0.25) is 0 Å². The normalized spacial score (nSPS) is 12.6. The van der Waals surface area contributed by atoms with E-state index < -0.39 is 13.4 Å². The second kappa shape index (κ2) is 9.30. The average Bonchev–Trinajstić information content (AvgIpc) is 2.61. The fourth-order valence-corrected chi connectivity index (χ4v) is 4.50. The highest BCUT2D eigenvalue weighted by molar-refractivity contribution is 9.10. The molecule has 0 aromatic heterocycles. The van der Waals surface area contributed by atoms with Crippen molar-refractivity contribution in [2.75, 3.05) is 13.2 Å². The zero-order valence-corrected chi connectivity index (χ0v) is 16.6. The lowest BCUT2D eigenvalue weighted by molar-refractivity contribution is 0.0937. The molecule has 0 radical (unpaired) electrons. The van der Waals surface area contributed by atoms with E-state index in [4.69, 9.17) is 9.05 Å². The van der Waals surface area contributed by atoms with Crippen LogP contribution in [0.2, 0.25) is 0 Å². The Kier molecular flexibility index (Phi) is 7.38. The van der Waals surface area contributed by atoms with Crippen LogP contribution in [0, 0.1) is 0 Å². The Hall–Kier alpha value is -1.46. The van der Waals surface area contributed by atoms with E-state index >= 15 is 0 Å². The third-order valence-electron chi connectivity index (χ3n) is 3.42. The molecule has 1 atom stereocenters. The fourth-order valence-electron chi connectivity index (χ4n) is 2.34. The molecule has 2 rings (SSSR count). The maximum atomic E-state index is 13.3. The van der Waals surface area contributed by atoms with Crippen LogP contribution >= 0.6 is 23.5 Å². The molecule has 7 heteroatoms. The third kappa shape index (κ3) is 5.25. The molecule has 0 fully saturated rings. The molecular formula is C18H21BrNO4P. The number of hydrogen-bond donors (Lipinski definition) is 1. The Labute approximate surface area is 156 Å². The van der Waals surface area contributed by atoms with Crippen LogP contribution in [0.5, 0.6) is 0 Å². The molecule has 0 aliphatic heterocycles. The Morgan fingerprint density at radius 2 is 1.60 bits per heavy atom. The van der Waals surface area contributed by atoms with Gasteiger partial charge in [-0.1, -0.05) is 46.3 Å². The maximum absolute atomic E-state index is 13.3. The number of amides is 1. The molecule has 0 heterocycles. The number of rotatable bonds is 8. The van der Waals surface area contributed by atoms with Crippen LogP contribution < -0.4 is 5.32 Å². The van der Waals surface area contributed by atoms with Crippen LogP contribution in [0.1, 0.15) is 35.6 Å². The maximum Gasteiger partial charge on any atom is 0.357 e. The molecule has 1 amide bonds. The van der Waals surface area contributed by atoms with Crippen molar-refractivity contribution in [2.24, 2.45) is 0 Å². The largest absolute Gasteiger partial charge is 0.357 e. The second-order valence-electron chi connectivity index (χ2n) is 5.17. The van der Waals surface area contributed by atoms with E-state index in [-0.39, 0.29) is 19.1 Å². The van der Waals surface area contributed by atoms with Gasteiger partial charge in [-0.2, -0.15) is 0 Å². The van der Waals surface area contributed by atoms with Gasteiger partial charge in [-0.15, -0.1) is 0 Å². The standard InChI is InChI=1S/C18H21BrNO4P/c1-3-23-25(22,24-4-2)18(15-8-6-5-7-9-15)20-17(21)14-10-12-16(19)13-11-14/h5-13,18H,3-4H2,1-2H3,(H,20,21). The van der Waals surface area contributed by atoms with Crippen molar-refractivity contribution in [3.8, 4) is 0 Å². The van der Waals surface area contributed by atoms with Crippen LogP contribution in [0.3, 0.4) is 0 Å². The number of halogens is 1. The molecule has 25 heavy (non-hydrogen) atoms. The van der Waals surface area contributed by atoms with Crippen LogP contribution in [-0.2, 0) is 13.6 Å². The van der Waals surface area contributed by atoms with Crippen molar-refractivity contribution >= 4 is 29.4 Å². The van der Waals surface area contributed by atoms with Crippen LogP contribution in [0.15, 0.2) is 59.1 Å². The summed E-state index contributed by atoms with van der Waals surface area (Å²) >= 11 is 3.34. The molecule has 0 saturated carbocycles. The Morgan fingerprint density at radius 3 is 2.12 bits per heavy atom. The molecule has 1 unspecified atom stereocenters. The van der Waals surface area contributed by atoms with E-state index in [0.29, 0.717) is 11.1 Å². The van der Waals surface area contributed by atoms with Crippen LogP contribution in [0.4, 0.5) is 0 Å². The molecule has 2 aromatic carbocycles. The first-order valence-corrected chi connectivity index (χ1v) is 10.4. The summed E-state index contributed by atoms with van der Waals surface area (Å²) in [5.74, 6) is -1.23. The van der Waals surface area contributed by atoms with Gasteiger partial charge in [0.05, 0.1) is 13.2 Å². The van der Waals surface area contributed by atoms with Gasteiger partial charge in [-0.3, -0.25) is 9.36 Å². The summed E-state index contributed by atoms with van der Waals surface area (Å²) in [6.07, 6.45) is 0. The summed E-state index contributed by atoms with van der Waals surface area (Å²) in [6.45, 7) is 3.91. The van der Waals surface area contributed by atoms with E-state index in [1.54, 1.807) is 50.2 Å². The monoisotopic (exact) mass is 425 g/mol. The highest BCUT2D eigenvalue weighted by Gasteiger charge is 2.38. The number of carbonyl (C=O) groups is 1. The van der Waals surface area contributed by atoms with Gasteiger partial charge in [-0.25, -0.2) is 0 Å². The molecule has 0 bridgehead atoms. The van der Waals surface area contributed by atoms with Crippen molar-refractivity contribution in [3.63, 3.8) is 0 Å². The quantitative estimate of drug-likeness (QED) is 0.594. The molecule has 1 N–H and O–H groups in total. The minimum atomic E-state index is -3.58. The fraction of sp³-hybridized carbons (Fsp3) is 0.278. The summed E-state index contributed by atoms with van der Waals surface area (Å²) in [5.41, 5.74) is 1.13. The number of hydrogen-bond acceptors (Lipinski definition) is 4. The first-order chi connectivity index (χ1) is 12.0. The summed E-state index contributed by atoms with van der Waals surface area (Å²) in [6, 6.07) is 16.0. The minimum absolute atomic E-state index is 0.217. The predicted octanol–water partition coefficient (Wildman–Crippen LogP) is 5.14. The molecule has 5 nitrogen and oxygen atoms in total. The number of carbonyl (C=O) groups excluding carboxylic acids is 1. The Morgan fingerprint density at radius 1 is 1.04 bits per heavy atom. The Balaban J connectivity index is 2.36. The van der Waals surface area contributed by atoms with Gasteiger partial charge >= 0.3 is 7.60 Å². The molecule has 0 aliphatic carbocycles. The molecule has 0 spiro atoms. The van der Waals surface area contributed by atoms with Gasteiger partial charge in [0.1, 0.15) is 0 Å². The lowest BCUT2D eigenvalue weighted by Crippen LogP contribution is -2.29. The predicted molar refractivity (Wildman–Crippen MR) is 102 cm³/mol. The van der Waals surface area contributed by atoms with Crippen LogP contribution in [-0.4, -0.2) is 19.1 Å². The highest BCUT2D eigenvalue weighted by Crippen LogP contribution is 2.59. The van der Waals surface area contributed by atoms with E-state index in [1.165, 1.54) is 0 Å². The number of benzene rings is 2. The van der Waals surface area contributed by atoms with Crippen molar-refractivity contribution in [2.45, 2.75) is 19.6 Å². The molecule has 2 aromatic rings. The summed E-state index contributed by atoms with van der Waals surface area (Å²) in [4.78, 5) is 12.6. The summed E-state index contributed by atoms with van der Waals surface area (Å²) in [5, 5.41) is 2.81. The molecular weight excluding hydrogens is 405 g/mol. The Bertz CT molecular complexity index is 727. The summed E-state index contributed by atoms with van der Waals surface area (Å²) < 4.78 is 25.0. The van der Waals surface area contributed by atoms with E-state index in [2.05, 4.69) is 21.2 Å². The zero-order valence-electron chi connectivity index (χ0n) is 14.1. The topological polar surface area (TPSA) is 64.6 Å². The first kappa shape index (κ1) is 19.9. The summed E-state index contributed by atoms with van der Waals surface area (Å²) in [7, 11) is -3.58. The smallest absolute Gasteiger partial charge is 0.334 e. The molecule has 0 saturated heterocycles. The average molecular weight is 426 g/mol. The minimum Gasteiger partial charge on any atom is -0.334 e. The first-order valence-electron chi connectivity index (χ1n) is 8.00. The van der Waals surface area contributed by atoms with Gasteiger partial charge in [0, 0.05) is 10.0 Å². The van der Waals surface area contributed by atoms with E-state index in [1.807, 2.05) is 18.2 Å². The van der Waals surface area contributed by atoms with E-state index in [9.17, 15) is 9.36 Å². The SMILES string of the molecule is CCOP(=O)(OCC)C(NC(=O)c1ccc(Br)cc1)c1ccccc1. The van der Waals surface area contributed by atoms with Crippen LogP contribution in [0.25, 0.3) is 0 Å². The van der Waals surface area contributed by atoms with Gasteiger partial charge in [-0.05, 0) is 43.7 Å². The molecule has 0 aliphatic rings. The van der Waals surface area contributed by atoms with Gasteiger partial charge in [0.15, 0.2) is 5.78 Å². The third-order valence-corrected chi connectivity index (χ3v) is 6.25. The lowest BCUT2D eigenvalue weighted by Gasteiger charge is -2.27.